The highest BCUT2D eigenvalue weighted by molar-refractivity contribution is 5.88. The molecule has 0 atom stereocenters. The quantitative estimate of drug-likeness (QED) is 0.567. The number of carboxylic acids is 1. The smallest absolute Gasteiger partial charge is 0.335 e. The summed E-state index contributed by atoms with van der Waals surface area (Å²) in [6.45, 7) is 2.92. The van der Waals surface area contributed by atoms with Crippen molar-refractivity contribution in [2.75, 3.05) is 6.61 Å². The average Bonchev–Trinajstić information content (AvgIpc) is 2.58. The molecule has 0 aromatic heterocycles. The number of hydrogen-bond acceptors (Lipinski definition) is 3. The van der Waals surface area contributed by atoms with Gasteiger partial charge in [-0.25, -0.2) is 4.79 Å². The monoisotopic (exact) mass is 311 g/mol. The lowest BCUT2D eigenvalue weighted by Gasteiger charge is -2.05. The highest BCUT2D eigenvalue weighted by Gasteiger charge is 2.00. The number of hydrogen-bond donors (Lipinski definition) is 1. The van der Waals surface area contributed by atoms with Crippen molar-refractivity contribution in [2.45, 2.75) is 26.2 Å². The van der Waals surface area contributed by atoms with Crippen LogP contribution in [0.15, 0.2) is 53.5 Å². The minimum absolute atomic E-state index is 0.258. The van der Waals surface area contributed by atoms with E-state index in [1.54, 1.807) is 30.5 Å². The van der Waals surface area contributed by atoms with Crippen LogP contribution in [-0.4, -0.2) is 23.9 Å². The molecule has 0 heterocycles. The van der Waals surface area contributed by atoms with E-state index in [0.29, 0.717) is 0 Å². The van der Waals surface area contributed by atoms with Crippen LogP contribution < -0.4 is 4.74 Å². The molecule has 1 N–H and O–H groups in total. The van der Waals surface area contributed by atoms with Gasteiger partial charge >= 0.3 is 5.97 Å². The fraction of sp³-hybridized carbons (Fsp3) is 0.263. The number of carbonyl (C=O) groups is 1. The lowest BCUT2D eigenvalue weighted by molar-refractivity contribution is 0.0697. The molecule has 2 rings (SSSR count). The van der Waals surface area contributed by atoms with Crippen molar-refractivity contribution < 1.29 is 14.6 Å². The van der Waals surface area contributed by atoms with Gasteiger partial charge in [-0.1, -0.05) is 19.8 Å². The minimum Gasteiger partial charge on any atom is -0.494 e. The molecule has 4 nitrogen and oxygen atoms in total. The molecule has 0 spiro atoms. The third kappa shape index (κ3) is 5.58. The van der Waals surface area contributed by atoms with Gasteiger partial charge in [0.1, 0.15) is 5.75 Å². The molecule has 0 radical (unpaired) electrons. The predicted octanol–water partition coefficient (Wildman–Crippen LogP) is 4.70. The fourth-order valence-corrected chi connectivity index (χ4v) is 2.03. The first-order valence-corrected chi connectivity index (χ1v) is 7.79. The second kappa shape index (κ2) is 8.73. The highest BCUT2D eigenvalue weighted by atomic mass is 16.5. The van der Waals surface area contributed by atoms with Gasteiger partial charge in [-0.2, -0.15) is 0 Å². The summed E-state index contributed by atoms with van der Waals surface area (Å²) in [5.41, 5.74) is 1.94. The van der Waals surface area contributed by atoms with E-state index in [1.807, 2.05) is 24.3 Å². The second-order valence-electron chi connectivity index (χ2n) is 5.23. The first kappa shape index (κ1) is 16.7. The number of aliphatic imine (C=N–C) groups is 1. The molecule has 0 aliphatic rings. The maximum absolute atomic E-state index is 10.8. The van der Waals surface area contributed by atoms with Gasteiger partial charge in [0.15, 0.2) is 0 Å². The standard InChI is InChI=1S/C19H21NO3/c1-2-3-4-13-23-18-11-5-15(6-12-18)14-20-17-9-7-16(8-10-17)19(21)22/h5-12,14H,2-4,13H2,1H3,(H,21,22). The van der Waals surface area contributed by atoms with E-state index in [0.717, 1.165) is 30.0 Å². The summed E-state index contributed by atoms with van der Waals surface area (Å²) in [7, 11) is 0. The third-order valence-corrected chi connectivity index (χ3v) is 3.37. The second-order valence-corrected chi connectivity index (χ2v) is 5.23. The number of carboxylic acid groups (broad SMARTS) is 1. The lowest BCUT2D eigenvalue weighted by Crippen LogP contribution is -1.96. The van der Waals surface area contributed by atoms with E-state index >= 15 is 0 Å². The Hall–Kier alpha value is -2.62. The Kier molecular flexibility index (Phi) is 6.36. The summed E-state index contributed by atoms with van der Waals surface area (Å²) in [5.74, 6) is -0.0703. The van der Waals surface area contributed by atoms with E-state index in [9.17, 15) is 4.79 Å². The van der Waals surface area contributed by atoms with Gasteiger partial charge in [-0.3, -0.25) is 4.99 Å². The zero-order valence-electron chi connectivity index (χ0n) is 13.2. The third-order valence-electron chi connectivity index (χ3n) is 3.37. The number of benzene rings is 2. The van der Waals surface area contributed by atoms with Gasteiger partial charge in [-0.15, -0.1) is 0 Å². The van der Waals surface area contributed by atoms with Crippen molar-refractivity contribution in [1.82, 2.24) is 0 Å². The first-order chi connectivity index (χ1) is 11.2. The van der Waals surface area contributed by atoms with Gasteiger partial charge in [0, 0.05) is 6.21 Å². The van der Waals surface area contributed by atoms with Crippen molar-refractivity contribution in [2.24, 2.45) is 4.99 Å². The number of rotatable bonds is 8. The van der Waals surface area contributed by atoms with Crippen LogP contribution in [0.3, 0.4) is 0 Å². The van der Waals surface area contributed by atoms with Crippen LogP contribution in [0.2, 0.25) is 0 Å². The van der Waals surface area contributed by atoms with Crippen LogP contribution in [0, 0.1) is 0 Å². The van der Waals surface area contributed by atoms with E-state index < -0.39 is 5.97 Å². The molecule has 0 saturated heterocycles. The highest BCUT2D eigenvalue weighted by Crippen LogP contribution is 2.15. The molecule has 0 aliphatic heterocycles. The molecule has 0 unspecified atom stereocenters. The number of nitrogens with zero attached hydrogens (tertiary/aromatic N) is 1. The van der Waals surface area contributed by atoms with Crippen molar-refractivity contribution in [1.29, 1.82) is 0 Å². The van der Waals surface area contributed by atoms with E-state index in [1.165, 1.54) is 12.8 Å². The summed E-state index contributed by atoms with van der Waals surface area (Å²) < 4.78 is 5.66. The average molecular weight is 311 g/mol. The van der Waals surface area contributed by atoms with Crippen LogP contribution in [0.25, 0.3) is 0 Å². The summed E-state index contributed by atoms with van der Waals surface area (Å²) in [4.78, 5) is 15.1. The molecule has 120 valence electrons. The van der Waals surface area contributed by atoms with Gasteiger partial charge < -0.3 is 9.84 Å². The SMILES string of the molecule is CCCCCOc1ccc(C=Nc2ccc(C(=O)O)cc2)cc1. The maximum atomic E-state index is 10.8. The lowest BCUT2D eigenvalue weighted by atomic mass is 10.2. The van der Waals surface area contributed by atoms with Crippen molar-refractivity contribution in [3.05, 3.63) is 59.7 Å². The minimum atomic E-state index is -0.935. The maximum Gasteiger partial charge on any atom is 0.335 e. The first-order valence-electron chi connectivity index (χ1n) is 7.79. The van der Waals surface area contributed by atoms with E-state index in [2.05, 4.69) is 11.9 Å². The Morgan fingerprint density at radius 3 is 2.39 bits per heavy atom. The van der Waals surface area contributed by atoms with Gasteiger partial charge in [-0.05, 0) is 60.5 Å². The zero-order valence-corrected chi connectivity index (χ0v) is 13.2. The molecule has 0 amide bonds. The van der Waals surface area contributed by atoms with Crippen LogP contribution in [-0.2, 0) is 0 Å². The molecule has 2 aromatic carbocycles. The molecule has 2 aromatic rings. The summed E-state index contributed by atoms with van der Waals surface area (Å²) in [6.07, 6.45) is 5.19. The van der Waals surface area contributed by atoms with E-state index in [-0.39, 0.29) is 5.56 Å². The topological polar surface area (TPSA) is 58.9 Å². The molecule has 0 fully saturated rings. The molecule has 4 heteroatoms. The number of aromatic carboxylic acids is 1. The van der Waals surface area contributed by atoms with Gasteiger partial charge in [0.05, 0.1) is 17.9 Å². The molecular formula is C19H21NO3. The molecule has 23 heavy (non-hydrogen) atoms. The van der Waals surface area contributed by atoms with Crippen LogP contribution >= 0.6 is 0 Å². The van der Waals surface area contributed by atoms with Gasteiger partial charge in [0.2, 0.25) is 0 Å². The Morgan fingerprint density at radius 1 is 1.09 bits per heavy atom. The number of ether oxygens (including phenoxy) is 1. The fourth-order valence-electron chi connectivity index (χ4n) is 2.03. The van der Waals surface area contributed by atoms with E-state index in [4.69, 9.17) is 9.84 Å². The summed E-state index contributed by atoms with van der Waals surface area (Å²) >= 11 is 0. The Labute approximate surface area is 136 Å². The Morgan fingerprint density at radius 2 is 1.78 bits per heavy atom. The predicted molar refractivity (Wildman–Crippen MR) is 92.1 cm³/mol. The van der Waals surface area contributed by atoms with Crippen LogP contribution in [0.4, 0.5) is 5.69 Å². The molecule has 0 bridgehead atoms. The Bertz CT molecular complexity index is 645. The zero-order chi connectivity index (χ0) is 16.5. The van der Waals surface area contributed by atoms with Crippen LogP contribution in [0.5, 0.6) is 5.75 Å². The molecular weight excluding hydrogens is 290 g/mol. The van der Waals surface area contributed by atoms with Gasteiger partial charge in [0.25, 0.3) is 0 Å². The summed E-state index contributed by atoms with van der Waals surface area (Å²) in [6, 6.07) is 14.2. The summed E-state index contributed by atoms with van der Waals surface area (Å²) in [5, 5.41) is 8.85. The molecule has 0 saturated carbocycles. The normalized spacial score (nSPS) is 10.8. The van der Waals surface area contributed by atoms with Crippen molar-refractivity contribution >= 4 is 17.9 Å². The molecule has 0 aliphatic carbocycles. The van der Waals surface area contributed by atoms with Crippen molar-refractivity contribution in [3.63, 3.8) is 0 Å². The largest absolute Gasteiger partial charge is 0.494 e. The van der Waals surface area contributed by atoms with Crippen LogP contribution in [0.1, 0.15) is 42.1 Å². The number of unbranched alkanes of at least 4 members (excludes halogenated alkanes) is 2. The Balaban J connectivity index is 1.90. The van der Waals surface area contributed by atoms with Crippen molar-refractivity contribution in [3.8, 4) is 5.75 Å².